The maximum absolute atomic E-state index is 3.56. The molecule has 2 nitrogen and oxygen atoms in total. The number of fused-ring (bicyclic) bond motifs is 1. The monoisotopic (exact) mass is 204 g/mol. The van der Waals surface area contributed by atoms with Gasteiger partial charge in [0.1, 0.15) is 0 Å². The molecule has 0 radical (unpaired) electrons. The topological polar surface area (TPSA) is 15.3 Å². The molecule has 2 heteroatoms. The second-order valence-corrected chi connectivity index (χ2v) is 4.84. The van der Waals surface area contributed by atoms with Gasteiger partial charge in [0.2, 0.25) is 0 Å². The van der Waals surface area contributed by atoms with Crippen LogP contribution in [0.2, 0.25) is 0 Å². The number of benzene rings is 1. The van der Waals surface area contributed by atoms with Gasteiger partial charge in [-0.2, -0.15) is 0 Å². The molecule has 1 N–H and O–H groups in total. The van der Waals surface area contributed by atoms with Gasteiger partial charge in [0, 0.05) is 20.1 Å². The second kappa shape index (κ2) is 3.76. The standard InChI is InChI=1S/C13H20N2/c1-9-5-11(3)13-12(6-9)15(4)8-10(2)7-14-13/h5-6,10,14H,7-8H2,1-4H3. The lowest BCUT2D eigenvalue weighted by atomic mass is 10.1. The van der Waals surface area contributed by atoms with Crippen LogP contribution in [0.1, 0.15) is 18.1 Å². The van der Waals surface area contributed by atoms with E-state index in [2.05, 4.69) is 50.2 Å². The Balaban J connectivity index is 2.48. The number of hydrogen-bond acceptors (Lipinski definition) is 2. The van der Waals surface area contributed by atoms with Gasteiger partial charge >= 0.3 is 0 Å². The van der Waals surface area contributed by atoms with Crippen molar-refractivity contribution >= 4 is 11.4 Å². The maximum Gasteiger partial charge on any atom is 0.0607 e. The average Bonchev–Trinajstić information content (AvgIpc) is 2.27. The minimum atomic E-state index is 0.696. The zero-order chi connectivity index (χ0) is 11.0. The largest absolute Gasteiger partial charge is 0.383 e. The van der Waals surface area contributed by atoms with E-state index in [4.69, 9.17) is 0 Å². The lowest BCUT2D eigenvalue weighted by Gasteiger charge is -2.21. The molecule has 1 aliphatic rings. The van der Waals surface area contributed by atoms with Gasteiger partial charge in [-0.15, -0.1) is 0 Å². The Morgan fingerprint density at radius 3 is 2.80 bits per heavy atom. The van der Waals surface area contributed by atoms with Crippen LogP contribution < -0.4 is 10.2 Å². The highest BCUT2D eigenvalue weighted by Gasteiger charge is 2.17. The van der Waals surface area contributed by atoms with Gasteiger partial charge in [0.05, 0.1) is 11.4 Å². The molecule has 2 rings (SSSR count). The summed E-state index contributed by atoms with van der Waals surface area (Å²) >= 11 is 0. The summed E-state index contributed by atoms with van der Waals surface area (Å²) in [5.74, 6) is 0.696. The van der Waals surface area contributed by atoms with Crippen molar-refractivity contribution in [1.82, 2.24) is 0 Å². The molecule has 15 heavy (non-hydrogen) atoms. The van der Waals surface area contributed by atoms with Gasteiger partial charge in [0.25, 0.3) is 0 Å². The lowest BCUT2D eigenvalue weighted by Crippen LogP contribution is -2.24. The maximum atomic E-state index is 3.56. The fourth-order valence-corrected chi connectivity index (χ4v) is 2.38. The highest BCUT2D eigenvalue weighted by atomic mass is 15.1. The van der Waals surface area contributed by atoms with E-state index in [0.717, 1.165) is 13.1 Å². The van der Waals surface area contributed by atoms with Crippen LogP contribution in [0.5, 0.6) is 0 Å². The van der Waals surface area contributed by atoms with Gasteiger partial charge < -0.3 is 10.2 Å². The van der Waals surface area contributed by atoms with E-state index in [-0.39, 0.29) is 0 Å². The summed E-state index contributed by atoms with van der Waals surface area (Å²) in [7, 11) is 2.18. The van der Waals surface area contributed by atoms with Crippen molar-refractivity contribution in [2.45, 2.75) is 20.8 Å². The molecule has 1 atom stereocenters. The fourth-order valence-electron chi connectivity index (χ4n) is 2.38. The van der Waals surface area contributed by atoms with Gasteiger partial charge in [-0.1, -0.05) is 13.0 Å². The number of aryl methyl sites for hydroxylation is 2. The van der Waals surface area contributed by atoms with Crippen molar-refractivity contribution in [1.29, 1.82) is 0 Å². The summed E-state index contributed by atoms with van der Waals surface area (Å²) < 4.78 is 0. The van der Waals surface area contributed by atoms with Crippen LogP contribution in [0.4, 0.5) is 11.4 Å². The predicted molar refractivity (Wildman–Crippen MR) is 66.8 cm³/mol. The second-order valence-electron chi connectivity index (χ2n) is 4.84. The van der Waals surface area contributed by atoms with Crippen molar-refractivity contribution in [2.75, 3.05) is 30.4 Å². The van der Waals surface area contributed by atoms with Gasteiger partial charge in [-0.3, -0.25) is 0 Å². The molecular weight excluding hydrogens is 184 g/mol. The van der Waals surface area contributed by atoms with E-state index in [9.17, 15) is 0 Å². The summed E-state index contributed by atoms with van der Waals surface area (Å²) in [6, 6.07) is 4.52. The molecule has 0 fully saturated rings. The number of nitrogens with zero attached hydrogens (tertiary/aromatic N) is 1. The molecule has 0 bridgehead atoms. The Morgan fingerprint density at radius 1 is 1.33 bits per heavy atom. The summed E-state index contributed by atoms with van der Waals surface area (Å²) in [5, 5.41) is 3.56. The molecule has 82 valence electrons. The first-order valence-corrected chi connectivity index (χ1v) is 5.64. The zero-order valence-corrected chi connectivity index (χ0v) is 10.1. The molecule has 0 spiro atoms. The van der Waals surface area contributed by atoms with E-state index in [1.165, 1.54) is 22.5 Å². The molecule has 0 amide bonds. The third-order valence-electron chi connectivity index (χ3n) is 3.08. The minimum absolute atomic E-state index is 0.696. The first kappa shape index (κ1) is 10.3. The molecule has 1 unspecified atom stereocenters. The van der Waals surface area contributed by atoms with Gasteiger partial charge in [0.15, 0.2) is 0 Å². The first-order valence-electron chi connectivity index (χ1n) is 5.64. The van der Waals surface area contributed by atoms with Crippen molar-refractivity contribution in [3.63, 3.8) is 0 Å². The van der Waals surface area contributed by atoms with Crippen LogP contribution in [0.3, 0.4) is 0 Å². The molecule has 0 aliphatic carbocycles. The summed E-state index contributed by atoms with van der Waals surface area (Å²) in [6.45, 7) is 8.83. The van der Waals surface area contributed by atoms with Crippen LogP contribution >= 0.6 is 0 Å². The molecule has 1 aliphatic heterocycles. The third kappa shape index (κ3) is 1.94. The van der Waals surface area contributed by atoms with E-state index < -0.39 is 0 Å². The van der Waals surface area contributed by atoms with Crippen LogP contribution in [0.15, 0.2) is 12.1 Å². The van der Waals surface area contributed by atoms with Crippen molar-refractivity contribution in [2.24, 2.45) is 5.92 Å². The van der Waals surface area contributed by atoms with Gasteiger partial charge in [-0.05, 0) is 37.0 Å². The van der Waals surface area contributed by atoms with Gasteiger partial charge in [-0.25, -0.2) is 0 Å². The summed E-state index contributed by atoms with van der Waals surface area (Å²) in [5.41, 5.74) is 5.35. The van der Waals surface area contributed by atoms with Crippen LogP contribution in [-0.4, -0.2) is 20.1 Å². The first-order chi connectivity index (χ1) is 7.08. The zero-order valence-electron chi connectivity index (χ0n) is 10.1. The Bertz CT molecular complexity index is 371. The van der Waals surface area contributed by atoms with E-state index in [1.807, 2.05) is 0 Å². The molecule has 0 saturated carbocycles. The molecule has 1 heterocycles. The van der Waals surface area contributed by atoms with Crippen LogP contribution in [-0.2, 0) is 0 Å². The molecular formula is C13H20N2. The Morgan fingerprint density at radius 2 is 2.07 bits per heavy atom. The highest BCUT2D eigenvalue weighted by molar-refractivity contribution is 5.75. The molecule has 1 aromatic carbocycles. The van der Waals surface area contributed by atoms with Crippen molar-refractivity contribution < 1.29 is 0 Å². The number of hydrogen-bond donors (Lipinski definition) is 1. The Hall–Kier alpha value is -1.18. The third-order valence-corrected chi connectivity index (χ3v) is 3.08. The van der Waals surface area contributed by atoms with E-state index in [1.54, 1.807) is 0 Å². The quantitative estimate of drug-likeness (QED) is 0.699. The average molecular weight is 204 g/mol. The number of rotatable bonds is 0. The predicted octanol–water partition coefficient (Wildman–Crippen LogP) is 2.80. The summed E-state index contributed by atoms with van der Waals surface area (Å²) in [4.78, 5) is 2.36. The van der Waals surface area contributed by atoms with E-state index >= 15 is 0 Å². The van der Waals surface area contributed by atoms with E-state index in [0.29, 0.717) is 5.92 Å². The Kier molecular flexibility index (Phi) is 2.59. The lowest BCUT2D eigenvalue weighted by molar-refractivity contribution is 0.618. The molecule has 0 aromatic heterocycles. The number of nitrogens with one attached hydrogen (secondary N) is 1. The van der Waals surface area contributed by atoms with Crippen LogP contribution in [0.25, 0.3) is 0 Å². The smallest absolute Gasteiger partial charge is 0.0607 e. The fraction of sp³-hybridized carbons (Fsp3) is 0.538. The Labute approximate surface area is 92.3 Å². The minimum Gasteiger partial charge on any atom is -0.383 e. The molecule has 1 aromatic rings. The SMILES string of the molecule is Cc1cc(C)c2c(c1)N(C)CC(C)CN2. The highest BCUT2D eigenvalue weighted by Crippen LogP contribution is 2.32. The molecule has 0 saturated heterocycles. The van der Waals surface area contributed by atoms with Crippen LogP contribution in [0, 0.1) is 19.8 Å². The summed E-state index contributed by atoms with van der Waals surface area (Å²) in [6.07, 6.45) is 0. The van der Waals surface area contributed by atoms with Crippen molar-refractivity contribution in [3.8, 4) is 0 Å². The normalized spacial score (nSPS) is 20.5. The van der Waals surface area contributed by atoms with Crippen molar-refractivity contribution in [3.05, 3.63) is 23.3 Å². The number of anilines is 2.